The molecule has 6 nitrogen and oxygen atoms in total. The minimum Gasteiger partial charge on any atom is -0.508 e. The number of phenolic OH excluding ortho intramolecular Hbond substituents is 1. The van der Waals surface area contributed by atoms with Crippen LogP contribution in [0.2, 0.25) is 0 Å². The van der Waals surface area contributed by atoms with Gasteiger partial charge in [-0.1, -0.05) is 31.1 Å². The number of hydrogen-bond acceptors (Lipinski definition) is 5. The molecule has 0 aromatic heterocycles. The summed E-state index contributed by atoms with van der Waals surface area (Å²) in [5.41, 5.74) is -2.48. The number of amides is 2. The zero-order valence-corrected chi connectivity index (χ0v) is 21.1. The summed E-state index contributed by atoms with van der Waals surface area (Å²) in [4.78, 5) is 27.7. The van der Waals surface area contributed by atoms with E-state index >= 15 is 0 Å². The van der Waals surface area contributed by atoms with Crippen LogP contribution in [0.15, 0.2) is 53.5 Å². The second-order valence-corrected chi connectivity index (χ2v) is 10.3. The summed E-state index contributed by atoms with van der Waals surface area (Å²) in [6, 6.07) is 6.76. The van der Waals surface area contributed by atoms with Crippen molar-refractivity contribution in [3.8, 4) is 5.75 Å². The van der Waals surface area contributed by atoms with E-state index in [9.17, 15) is 46.1 Å². The van der Waals surface area contributed by atoms with E-state index in [1.165, 1.54) is 12.1 Å². The molecule has 4 atom stereocenters. The first-order valence-electron chi connectivity index (χ1n) is 12.7. The zero-order valence-electron chi connectivity index (χ0n) is 21.1. The van der Waals surface area contributed by atoms with Crippen LogP contribution >= 0.6 is 0 Å². The van der Waals surface area contributed by atoms with Gasteiger partial charge < -0.3 is 14.8 Å². The van der Waals surface area contributed by atoms with Gasteiger partial charge in [-0.3, -0.25) is 9.59 Å². The van der Waals surface area contributed by atoms with E-state index in [0.29, 0.717) is 46.5 Å². The Labute approximate surface area is 225 Å². The molecule has 0 spiro atoms. The average Bonchev–Trinajstić information content (AvgIpc) is 3.12. The minimum absolute atomic E-state index is 0.0215. The van der Waals surface area contributed by atoms with Crippen LogP contribution in [0.3, 0.4) is 0 Å². The van der Waals surface area contributed by atoms with Crippen molar-refractivity contribution in [2.75, 3.05) is 4.90 Å². The predicted molar refractivity (Wildman–Crippen MR) is 130 cm³/mol. The standard InChI is InChI=1S/C27H24BF6NO5/c1-2-4-14-8-20-22(19-12-21(40-28(39)23(14)19)13-5-3-6-18(36)7-13)25(38)35(24(20)37)17-10-15(26(29,30)31)9-16(11-17)27(32,33)34/h3,5-7,9-11,19-22,36,39H,2,4,8,12H2,1H3/t19-,20-,21-,22+/m0/s1. The molecule has 2 saturated heterocycles. The number of carbonyl (C=O) groups is 2. The van der Waals surface area contributed by atoms with Crippen LogP contribution in [0.1, 0.15) is 55.4 Å². The van der Waals surface area contributed by atoms with Crippen LogP contribution in [-0.4, -0.2) is 29.1 Å². The molecule has 2 amide bonds. The molecule has 3 aliphatic rings. The number of carbonyl (C=O) groups excluding carboxylic acids is 2. The Morgan fingerprint density at radius 2 is 1.62 bits per heavy atom. The summed E-state index contributed by atoms with van der Waals surface area (Å²) in [6.07, 6.45) is -9.90. The number of imide groups is 1. The molecule has 212 valence electrons. The number of phenols is 1. The first kappa shape index (κ1) is 28.2. The Morgan fingerprint density at radius 1 is 0.975 bits per heavy atom. The number of allylic oxidation sites excluding steroid dienone is 2. The summed E-state index contributed by atoms with van der Waals surface area (Å²) >= 11 is 0. The predicted octanol–water partition coefficient (Wildman–Crippen LogP) is 5.83. The first-order valence-corrected chi connectivity index (χ1v) is 12.7. The Hall–Kier alpha value is -3.32. The quantitative estimate of drug-likeness (QED) is 0.276. The van der Waals surface area contributed by atoms with Crippen molar-refractivity contribution < 1.29 is 50.7 Å². The van der Waals surface area contributed by atoms with Crippen molar-refractivity contribution in [3.63, 3.8) is 0 Å². The maximum atomic E-state index is 13.8. The lowest BCUT2D eigenvalue weighted by Gasteiger charge is -2.42. The van der Waals surface area contributed by atoms with Crippen molar-refractivity contribution >= 4 is 24.6 Å². The van der Waals surface area contributed by atoms with E-state index in [-0.39, 0.29) is 24.7 Å². The summed E-state index contributed by atoms with van der Waals surface area (Å²) < 4.78 is 87.0. The fraction of sp³-hybridized carbons (Fsp3) is 0.407. The molecule has 5 rings (SSSR count). The number of fused-ring (bicyclic) bond motifs is 3. The molecule has 2 aliphatic heterocycles. The van der Waals surface area contributed by atoms with Gasteiger partial charge in [0, 0.05) is 0 Å². The zero-order chi connectivity index (χ0) is 29.1. The lowest BCUT2D eigenvalue weighted by atomic mass is 9.54. The smallest absolute Gasteiger partial charge is 0.487 e. The van der Waals surface area contributed by atoms with Gasteiger partial charge >= 0.3 is 19.5 Å². The van der Waals surface area contributed by atoms with E-state index in [1.807, 2.05) is 6.92 Å². The van der Waals surface area contributed by atoms with E-state index in [4.69, 9.17) is 4.65 Å². The highest BCUT2D eigenvalue weighted by atomic mass is 19.4. The molecule has 2 N–H and O–H groups in total. The lowest BCUT2D eigenvalue weighted by Crippen LogP contribution is -2.44. The number of rotatable bonds is 4. The fourth-order valence-electron chi connectivity index (χ4n) is 6.21. The normalized spacial score (nSPS) is 25.4. The van der Waals surface area contributed by atoms with Crippen molar-refractivity contribution in [2.24, 2.45) is 17.8 Å². The second-order valence-electron chi connectivity index (χ2n) is 10.3. The number of hydrogen-bond donors (Lipinski definition) is 2. The third kappa shape index (κ3) is 4.89. The third-order valence-electron chi connectivity index (χ3n) is 7.84. The van der Waals surface area contributed by atoms with Crippen molar-refractivity contribution in [3.05, 3.63) is 70.2 Å². The number of nitrogens with zero attached hydrogens (tertiary/aromatic N) is 1. The summed E-state index contributed by atoms with van der Waals surface area (Å²) in [6.45, 7) is 1.87. The molecule has 2 fully saturated rings. The van der Waals surface area contributed by atoms with Crippen LogP contribution < -0.4 is 4.90 Å². The molecule has 2 aromatic rings. The highest BCUT2D eigenvalue weighted by Gasteiger charge is 2.58. The number of aromatic hydroxyl groups is 1. The van der Waals surface area contributed by atoms with E-state index in [1.54, 1.807) is 12.1 Å². The van der Waals surface area contributed by atoms with Gasteiger partial charge in [0.15, 0.2) is 0 Å². The Kier molecular flexibility index (Phi) is 7.02. The number of halogens is 6. The average molecular weight is 567 g/mol. The van der Waals surface area contributed by atoms with E-state index in [0.717, 1.165) is 0 Å². The summed E-state index contributed by atoms with van der Waals surface area (Å²) in [5.74, 6) is -4.78. The highest BCUT2D eigenvalue weighted by Crippen LogP contribution is 2.53. The van der Waals surface area contributed by atoms with Gasteiger partial charge in [0.2, 0.25) is 11.8 Å². The van der Waals surface area contributed by atoms with Gasteiger partial charge in [0.25, 0.3) is 0 Å². The lowest BCUT2D eigenvalue weighted by molar-refractivity contribution is -0.143. The Bertz CT molecular complexity index is 1360. The molecule has 0 saturated carbocycles. The molecule has 0 bridgehead atoms. The van der Waals surface area contributed by atoms with Gasteiger partial charge in [0.05, 0.1) is 34.8 Å². The van der Waals surface area contributed by atoms with Gasteiger partial charge in [0.1, 0.15) is 5.75 Å². The van der Waals surface area contributed by atoms with Gasteiger partial charge in [-0.05, 0) is 66.5 Å². The summed E-state index contributed by atoms with van der Waals surface area (Å²) in [7, 11) is -1.45. The number of alkyl halides is 6. The molecular formula is C27H24BF6NO5. The minimum atomic E-state index is -5.16. The maximum Gasteiger partial charge on any atom is 0.487 e. The number of anilines is 1. The van der Waals surface area contributed by atoms with Crippen molar-refractivity contribution in [1.82, 2.24) is 0 Å². The monoisotopic (exact) mass is 567 g/mol. The number of benzene rings is 2. The SMILES string of the molecule is CCCC1=C2B(O)O[C@H](c3cccc(O)c3)C[C@H]2[C@H]2C(=O)N(c3cc(C(F)(F)F)cc(C(F)(F)F)c3)C(=O)[C@H]2C1. The van der Waals surface area contributed by atoms with Gasteiger partial charge in [-0.25, -0.2) is 4.90 Å². The molecule has 0 radical (unpaired) electrons. The summed E-state index contributed by atoms with van der Waals surface area (Å²) in [5, 5.41) is 20.9. The van der Waals surface area contributed by atoms with Gasteiger partial charge in [-0.15, -0.1) is 0 Å². The molecular weight excluding hydrogens is 543 g/mol. The van der Waals surface area contributed by atoms with E-state index in [2.05, 4.69) is 0 Å². The highest BCUT2D eigenvalue weighted by molar-refractivity contribution is 6.53. The van der Waals surface area contributed by atoms with Crippen LogP contribution in [0.4, 0.5) is 32.0 Å². The first-order chi connectivity index (χ1) is 18.7. The van der Waals surface area contributed by atoms with Crippen molar-refractivity contribution in [1.29, 1.82) is 0 Å². The van der Waals surface area contributed by atoms with Crippen LogP contribution in [0, 0.1) is 17.8 Å². The Balaban J connectivity index is 1.58. The van der Waals surface area contributed by atoms with Crippen molar-refractivity contribution in [2.45, 2.75) is 51.1 Å². The molecule has 1 aliphatic carbocycles. The maximum absolute atomic E-state index is 13.8. The Morgan fingerprint density at radius 3 is 2.20 bits per heavy atom. The molecule has 2 heterocycles. The molecule has 2 aromatic carbocycles. The molecule has 0 unspecified atom stereocenters. The molecule has 13 heteroatoms. The third-order valence-corrected chi connectivity index (χ3v) is 7.84. The van der Waals surface area contributed by atoms with Crippen LogP contribution in [0.5, 0.6) is 5.75 Å². The van der Waals surface area contributed by atoms with Crippen LogP contribution in [0.25, 0.3) is 0 Å². The van der Waals surface area contributed by atoms with Gasteiger partial charge in [-0.2, -0.15) is 26.3 Å². The largest absolute Gasteiger partial charge is 0.508 e. The topological polar surface area (TPSA) is 87.1 Å². The second kappa shape index (κ2) is 9.95. The van der Waals surface area contributed by atoms with Crippen LogP contribution in [-0.2, 0) is 26.6 Å². The van der Waals surface area contributed by atoms with E-state index < -0.39 is 72.0 Å². The fourth-order valence-corrected chi connectivity index (χ4v) is 6.21. The molecule has 40 heavy (non-hydrogen) atoms.